The second-order valence-corrected chi connectivity index (χ2v) is 6.36. The van der Waals surface area contributed by atoms with Gasteiger partial charge < -0.3 is 19.7 Å². The first-order valence-corrected chi connectivity index (χ1v) is 8.15. The Balaban J connectivity index is 2.25. The van der Waals surface area contributed by atoms with Gasteiger partial charge in [0.25, 0.3) is 0 Å². The van der Waals surface area contributed by atoms with Crippen molar-refractivity contribution in [3.63, 3.8) is 0 Å². The first-order chi connectivity index (χ1) is 12.3. The molecule has 2 N–H and O–H groups in total. The smallest absolute Gasteiger partial charge is 0.337 e. The fourth-order valence-corrected chi connectivity index (χ4v) is 3.19. The van der Waals surface area contributed by atoms with E-state index in [1.54, 1.807) is 45.9 Å². The Kier molecular flexibility index (Phi) is 4.50. The molecule has 26 heavy (non-hydrogen) atoms. The summed E-state index contributed by atoms with van der Waals surface area (Å²) >= 11 is 0. The van der Waals surface area contributed by atoms with Crippen molar-refractivity contribution in [1.82, 2.24) is 15.7 Å². The van der Waals surface area contributed by atoms with Crippen LogP contribution in [0.2, 0.25) is 0 Å². The number of carbonyl (C=O) groups excluding carboxylic acids is 1. The number of carboxylic acids is 1. The van der Waals surface area contributed by atoms with E-state index in [0.717, 1.165) is 0 Å². The quantitative estimate of drug-likeness (QED) is 0.802. The minimum absolute atomic E-state index is 0.0572. The summed E-state index contributed by atoms with van der Waals surface area (Å²) in [6.07, 6.45) is -0.340. The van der Waals surface area contributed by atoms with E-state index in [4.69, 9.17) is 9.26 Å². The van der Waals surface area contributed by atoms with Gasteiger partial charge in [0, 0.05) is 16.7 Å². The van der Waals surface area contributed by atoms with Crippen LogP contribution in [0.25, 0.3) is 11.1 Å². The summed E-state index contributed by atoms with van der Waals surface area (Å²) in [5, 5.41) is 20.3. The van der Waals surface area contributed by atoms with E-state index >= 15 is 0 Å². The van der Waals surface area contributed by atoms with E-state index in [0.29, 0.717) is 28.1 Å². The highest BCUT2D eigenvalue weighted by Crippen LogP contribution is 2.41. The molecule has 2 heterocycles. The third-order valence-electron chi connectivity index (χ3n) is 4.17. The van der Waals surface area contributed by atoms with Crippen molar-refractivity contribution in [3.8, 4) is 0 Å². The molecule has 1 aliphatic heterocycles. The van der Waals surface area contributed by atoms with Crippen molar-refractivity contribution >= 4 is 23.0 Å². The van der Waals surface area contributed by atoms with Gasteiger partial charge in [-0.2, -0.15) is 0 Å². The molecule has 0 spiro atoms. The SMILES string of the molecule is CC1=C(C(=O)O)C(c2cccc3onnc23)C(C(=O)OC(C)C)=C(C)N1. The highest BCUT2D eigenvalue weighted by Gasteiger charge is 2.38. The van der Waals surface area contributed by atoms with Gasteiger partial charge in [-0.25, -0.2) is 9.59 Å². The zero-order chi connectivity index (χ0) is 19.0. The van der Waals surface area contributed by atoms with Crippen molar-refractivity contribution in [2.24, 2.45) is 0 Å². The molecule has 0 fully saturated rings. The Morgan fingerprint density at radius 2 is 1.92 bits per heavy atom. The lowest BCUT2D eigenvalue weighted by Gasteiger charge is -2.30. The van der Waals surface area contributed by atoms with Crippen LogP contribution in [-0.4, -0.2) is 33.5 Å². The predicted octanol–water partition coefficient (Wildman–Crippen LogP) is 2.49. The fourth-order valence-electron chi connectivity index (χ4n) is 3.19. The van der Waals surface area contributed by atoms with Gasteiger partial charge in [-0.15, -0.1) is 5.10 Å². The van der Waals surface area contributed by atoms with Crippen LogP contribution >= 0.6 is 0 Å². The second-order valence-electron chi connectivity index (χ2n) is 6.36. The molecule has 0 bridgehead atoms. The Bertz CT molecular complexity index is 955. The number of benzene rings is 1. The van der Waals surface area contributed by atoms with Gasteiger partial charge in [-0.3, -0.25) is 0 Å². The lowest BCUT2D eigenvalue weighted by atomic mass is 9.80. The van der Waals surface area contributed by atoms with Crippen LogP contribution in [0.3, 0.4) is 0 Å². The molecule has 1 atom stereocenters. The Morgan fingerprint density at radius 3 is 2.58 bits per heavy atom. The standard InChI is InChI=1S/C18H19N3O5/c1-8(2)25-18(24)14-10(4)19-9(3)13(17(22)23)15(14)11-6-5-7-12-16(11)20-21-26-12/h5-8,15,19H,1-4H3,(H,22,23). The van der Waals surface area contributed by atoms with Crippen molar-refractivity contribution in [2.45, 2.75) is 39.7 Å². The number of hydrogen-bond acceptors (Lipinski definition) is 7. The van der Waals surface area contributed by atoms with Gasteiger partial charge in [0.15, 0.2) is 5.58 Å². The van der Waals surface area contributed by atoms with Crippen LogP contribution in [-0.2, 0) is 14.3 Å². The summed E-state index contributed by atoms with van der Waals surface area (Å²) in [6.45, 7) is 6.85. The predicted molar refractivity (Wildman–Crippen MR) is 91.9 cm³/mol. The molecule has 2 aromatic rings. The molecular formula is C18H19N3O5. The maximum absolute atomic E-state index is 12.8. The third-order valence-corrected chi connectivity index (χ3v) is 4.17. The number of fused-ring (bicyclic) bond motifs is 1. The van der Waals surface area contributed by atoms with Crippen LogP contribution < -0.4 is 5.32 Å². The maximum atomic E-state index is 12.8. The number of nitrogens with one attached hydrogen (secondary N) is 1. The number of hydrogen-bond donors (Lipinski definition) is 2. The molecule has 0 saturated carbocycles. The molecule has 8 nitrogen and oxygen atoms in total. The van der Waals surface area contributed by atoms with E-state index in [2.05, 4.69) is 15.7 Å². The molecule has 3 rings (SSSR count). The van der Waals surface area contributed by atoms with E-state index < -0.39 is 17.9 Å². The van der Waals surface area contributed by atoms with Gasteiger partial charge in [-0.05, 0) is 39.3 Å². The van der Waals surface area contributed by atoms with Crippen LogP contribution in [0.1, 0.15) is 39.2 Å². The van der Waals surface area contributed by atoms with Crippen LogP contribution in [0.15, 0.2) is 45.3 Å². The van der Waals surface area contributed by atoms with Gasteiger partial charge in [-0.1, -0.05) is 12.1 Å². The first-order valence-electron chi connectivity index (χ1n) is 8.15. The summed E-state index contributed by atoms with van der Waals surface area (Å²) in [4.78, 5) is 24.7. The summed E-state index contributed by atoms with van der Waals surface area (Å²) in [5.74, 6) is -2.55. The number of carboxylic acid groups (broad SMARTS) is 1. The Hall–Kier alpha value is -3.16. The van der Waals surface area contributed by atoms with Crippen molar-refractivity contribution in [3.05, 3.63) is 46.3 Å². The van der Waals surface area contributed by atoms with Crippen LogP contribution in [0.5, 0.6) is 0 Å². The number of aliphatic carboxylic acids is 1. The first kappa shape index (κ1) is 17.7. The highest BCUT2D eigenvalue weighted by atomic mass is 16.5. The molecule has 0 saturated heterocycles. The minimum Gasteiger partial charge on any atom is -0.478 e. The molecule has 1 aliphatic rings. The normalized spacial score (nSPS) is 17.7. The highest BCUT2D eigenvalue weighted by molar-refractivity contribution is 6.00. The van der Waals surface area contributed by atoms with Gasteiger partial charge in [0.2, 0.25) is 0 Å². The number of carbonyl (C=O) groups is 2. The molecule has 1 aromatic carbocycles. The molecule has 0 amide bonds. The number of dihydropyridines is 1. The van der Waals surface area contributed by atoms with Crippen LogP contribution in [0.4, 0.5) is 0 Å². The Morgan fingerprint density at radius 1 is 1.23 bits per heavy atom. The van der Waals surface area contributed by atoms with Crippen molar-refractivity contribution in [1.29, 1.82) is 0 Å². The van der Waals surface area contributed by atoms with E-state index in [1.807, 2.05) is 0 Å². The molecule has 8 heteroatoms. The van der Waals surface area contributed by atoms with Gasteiger partial charge in [0.1, 0.15) is 5.52 Å². The monoisotopic (exact) mass is 357 g/mol. The van der Waals surface area contributed by atoms with E-state index in [1.165, 1.54) is 0 Å². The fraction of sp³-hybridized carbons (Fsp3) is 0.333. The van der Waals surface area contributed by atoms with Crippen molar-refractivity contribution in [2.75, 3.05) is 0 Å². The molecular weight excluding hydrogens is 338 g/mol. The molecule has 0 aliphatic carbocycles. The molecule has 1 unspecified atom stereocenters. The number of nitrogens with zero attached hydrogens (tertiary/aromatic N) is 2. The van der Waals surface area contributed by atoms with Gasteiger partial charge >= 0.3 is 11.9 Å². The maximum Gasteiger partial charge on any atom is 0.337 e. The lowest BCUT2D eigenvalue weighted by molar-refractivity contribution is -0.143. The molecule has 136 valence electrons. The number of esters is 1. The van der Waals surface area contributed by atoms with E-state index in [9.17, 15) is 14.7 Å². The number of ether oxygens (including phenoxy) is 1. The third kappa shape index (κ3) is 2.94. The second kappa shape index (κ2) is 6.62. The van der Waals surface area contributed by atoms with Crippen LogP contribution in [0, 0.1) is 0 Å². The zero-order valence-electron chi connectivity index (χ0n) is 14.9. The Labute approximate surface area is 149 Å². The summed E-state index contributed by atoms with van der Waals surface area (Å²) < 4.78 is 10.4. The topological polar surface area (TPSA) is 115 Å². The average Bonchev–Trinajstić information content (AvgIpc) is 3.01. The molecule has 1 aromatic heterocycles. The zero-order valence-corrected chi connectivity index (χ0v) is 14.9. The number of rotatable bonds is 4. The average molecular weight is 357 g/mol. The van der Waals surface area contributed by atoms with Gasteiger partial charge in [0.05, 0.1) is 23.2 Å². The molecule has 0 radical (unpaired) electrons. The number of allylic oxidation sites excluding steroid dienone is 2. The lowest BCUT2D eigenvalue weighted by Crippen LogP contribution is -2.32. The minimum atomic E-state index is -1.13. The summed E-state index contributed by atoms with van der Waals surface area (Å²) in [7, 11) is 0. The largest absolute Gasteiger partial charge is 0.478 e. The summed E-state index contributed by atoms with van der Waals surface area (Å²) in [5.41, 5.74) is 2.63. The number of aromatic nitrogens is 2. The summed E-state index contributed by atoms with van der Waals surface area (Å²) in [6, 6.07) is 5.11. The van der Waals surface area contributed by atoms with E-state index in [-0.39, 0.29) is 17.3 Å². The van der Waals surface area contributed by atoms with Crippen molar-refractivity contribution < 1.29 is 24.0 Å².